The standard InChI is InChI=1S/C11H14F3NO/c1-2-6(5-15)11(16)7-3-8(12)10(14)9(13)4-7/h3-4,6,11,16H,2,5,15H2,1H3. The number of halogens is 3. The van der Waals surface area contributed by atoms with Crippen LogP contribution in [0.2, 0.25) is 0 Å². The van der Waals surface area contributed by atoms with Gasteiger partial charge in [-0.15, -0.1) is 0 Å². The highest BCUT2D eigenvalue weighted by Crippen LogP contribution is 2.26. The molecule has 2 nitrogen and oxygen atoms in total. The molecular formula is C11H14F3NO. The van der Waals surface area contributed by atoms with E-state index in [2.05, 4.69) is 0 Å². The zero-order chi connectivity index (χ0) is 12.3. The van der Waals surface area contributed by atoms with Gasteiger partial charge in [-0.1, -0.05) is 6.92 Å². The molecule has 2 atom stereocenters. The summed E-state index contributed by atoms with van der Waals surface area (Å²) in [6.45, 7) is 2.00. The van der Waals surface area contributed by atoms with E-state index in [-0.39, 0.29) is 18.0 Å². The van der Waals surface area contributed by atoms with Crippen molar-refractivity contribution in [1.29, 1.82) is 0 Å². The Hall–Kier alpha value is -1.07. The molecular weight excluding hydrogens is 219 g/mol. The van der Waals surface area contributed by atoms with Crippen LogP contribution in [0.4, 0.5) is 13.2 Å². The predicted molar refractivity (Wildman–Crippen MR) is 54.1 cm³/mol. The van der Waals surface area contributed by atoms with Gasteiger partial charge in [-0.05, 0) is 30.7 Å². The molecule has 0 heterocycles. The van der Waals surface area contributed by atoms with Crippen LogP contribution in [0.25, 0.3) is 0 Å². The molecule has 0 aliphatic carbocycles. The fraction of sp³-hybridized carbons (Fsp3) is 0.455. The summed E-state index contributed by atoms with van der Waals surface area (Å²) in [5, 5.41) is 9.78. The third-order valence-corrected chi connectivity index (χ3v) is 2.62. The quantitative estimate of drug-likeness (QED) is 0.782. The molecule has 90 valence electrons. The van der Waals surface area contributed by atoms with Gasteiger partial charge in [0.25, 0.3) is 0 Å². The normalized spacial score (nSPS) is 14.9. The molecule has 1 aromatic carbocycles. The topological polar surface area (TPSA) is 46.2 Å². The first-order chi connectivity index (χ1) is 7.51. The van der Waals surface area contributed by atoms with Gasteiger partial charge in [0.05, 0.1) is 6.10 Å². The largest absolute Gasteiger partial charge is 0.388 e. The van der Waals surface area contributed by atoms with E-state index in [1.165, 1.54) is 0 Å². The van der Waals surface area contributed by atoms with Crippen LogP contribution >= 0.6 is 0 Å². The van der Waals surface area contributed by atoms with E-state index in [0.717, 1.165) is 12.1 Å². The number of hydrogen-bond acceptors (Lipinski definition) is 2. The minimum atomic E-state index is -1.53. The summed E-state index contributed by atoms with van der Waals surface area (Å²) in [7, 11) is 0. The minimum Gasteiger partial charge on any atom is -0.388 e. The summed E-state index contributed by atoms with van der Waals surface area (Å²) >= 11 is 0. The summed E-state index contributed by atoms with van der Waals surface area (Å²) in [4.78, 5) is 0. The lowest BCUT2D eigenvalue weighted by Gasteiger charge is -2.20. The van der Waals surface area contributed by atoms with Crippen LogP contribution in [0.1, 0.15) is 25.0 Å². The van der Waals surface area contributed by atoms with Crippen molar-refractivity contribution in [2.45, 2.75) is 19.4 Å². The maximum atomic E-state index is 12.9. The van der Waals surface area contributed by atoms with Crippen LogP contribution < -0.4 is 5.73 Å². The molecule has 0 aliphatic heterocycles. The molecule has 5 heteroatoms. The number of rotatable bonds is 4. The monoisotopic (exact) mass is 233 g/mol. The average Bonchev–Trinajstić information content (AvgIpc) is 2.26. The maximum absolute atomic E-state index is 12.9. The molecule has 0 bridgehead atoms. The van der Waals surface area contributed by atoms with Crippen LogP contribution in [0.3, 0.4) is 0 Å². The Morgan fingerprint density at radius 3 is 2.12 bits per heavy atom. The lowest BCUT2D eigenvalue weighted by Crippen LogP contribution is -2.21. The molecule has 0 amide bonds. The van der Waals surface area contributed by atoms with Crippen molar-refractivity contribution in [3.63, 3.8) is 0 Å². The van der Waals surface area contributed by atoms with Crippen molar-refractivity contribution < 1.29 is 18.3 Å². The summed E-state index contributed by atoms with van der Waals surface area (Å²) in [5.41, 5.74) is 5.41. The van der Waals surface area contributed by atoms with Gasteiger partial charge in [0.2, 0.25) is 0 Å². The highest BCUT2D eigenvalue weighted by Gasteiger charge is 2.21. The van der Waals surface area contributed by atoms with Crippen LogP contribution in [0.5, 0.6) is 0 Å². The average molecular weight is 233 g/mol. The first-order valence-electron chi connectivity index (χ1n) is 5.03. The van der Waals surface area contributed by atoms with Crippen molar-refractivity contribution in [3.05, 3.63) is 35.1 Å². The highest BCUT2D eigenvalue weighted by molar-refractivity contribution is 5.22. The smallest absolute Gasteiger partial charge is 0.194 e. The molecule has 0 fully saturated rings. The fourth-order valence-electron chi connectivity index (χ4n) is 1.54. The van der Waals surface area contributed by atoms with Crippen molar-refractivity contribution in [1.82, 2.24) is 0 Å². The van der Waals surface area contributed by atoms with Gasteiger partial charge >= 0.3 is 0 Å². The first kappa shape index (κ1) is 13.0. The number of aliphatic hydroxyl groups is 1. The molecule has 16 heavy (non-hydrogen) atoms. The number of benzene rings is 1. The number of nitrogens with two attached hydrogens (primary N) is 1. The predicted octanol–water partition coefficient (Wildman–Crippen LogP) is 2.12. The Labute approximate surface area is 91.9 Å². The molecule has 0 aromatic heterocycles. The molecule has 0 spiro atoms. The molecule has 3 N–H and O–H groups in total. The van der Waals surface area contributed by atoms with Gasteiger partial charge in [0.15, 0.2) is 17.5 Å². The maximum Gasteiger partial charge on any atom is 0.194 e. The lowest BCUT2D eigenvalue weighted by atomic mass is 9.93. The second-order valence-corrected chi connectivity index (χ2v) is 3.65. The summed E-state index contributed by atoms with van der Waals surface area (Å²) in [6.07, 6.45) is -0.516. The van der Waals surface area contributed by atoms with Gasteiger partial charge in [-0.2, -0.15) is 0 Å². The Morgan fingerprint density at radius 1 is 1.25 bits per heavy atom. The zero-order valence-corrected chi connectivity index (χ0v) is 8.88. The van der Waals surface area contributed by atoms with Crippen LogP contribution in [-0.4, -0.2) is 11.7 Å². The van der Waals surface area contributed by atoms with Crippen LogP contribution in [-0.2, 0) is 0 Å². The van der Waals surface area contributed by atoms with Crippen LogP contribution in [0, 0.1) is 23.4 Å². The summed E-state index contributed by atoms with van der Waals surface area (Å²) < 4.78 is 38.5. The summed E-state index contributed by atoms with van der Waals surface area (Å²) in [5.74, 6) is -4.44. The highest BCUT2D eigenvalue weighted by atomic mass is 19.2. The van der Waals surface area contributed by atoms with E-state index >= 15 is 0 Å². The van der Waals surface area contributed by atoms with Gasteiger partial charge in [0, 0.05) is 5.92 Å². The van der Waals surface area contributed by atoms with Gasteiger partial charge in [0.1, 0.15) is 0 Å². The Bertz CT molecular complexity index is 343. The van der Waals surface area contributed by atoms with Gasteiger partial charge in [-0.3, -0.25) is 0 Å². The van der Waals surface area contributed by atoms with E-state index in [0.29, 0.717) is 6.42 Å². The Balaban J connectivity index is 3.04. The minimum absolute atomic E-state index is 0.00806. The van der Waals surface area contributed by atoms with Crippen molar-refractivity contribution in [2.75, 3.05) is 6.54 Å². The molecule has 0 saturated carbocycles. The van der Waals surface area contributed by atoms with E-state index in [1.54, 1.807) is 6.92 Å². The lowest BCUT2D eigenvalue weighted by molar-refractivity contribution is 0.109. The fourth-order valence-corrected chi connectivity index (χ4v) is 1.54. The zero-order valence-electron chi connectivity index (χ0n) is 8.88. The molecule has 0 aliphatic rings. The number of aliphatic hydroxyl groups excluding tert-OH is 1. The molecule has 1 aromatic rings. The van der Waals surface area contributed by atoms with E-state index in [4.69, 9.17) is 5.73 Å². The Kier molecular flexibility index (Phi) is 4.32. The van der Waals surface area contributed by atoms with Gasteiger partial charge < -0.3 is 10.8 Å². The Morgan fingerprint density at radius 2 is 1.75 bits per heavy atom. The van der Waals surface area contributed by atoms with Crippen molar-refractivity contribution >= 4 is 0 Å². The summed E-state index contributed by atoms with van der Waals surface area (Å²) in [6, 6.07) is 1.59. The molecule has 0 radical (unpaired) electrons. The third kappa shape index (κ3) is 2.54. The van der Waals surface area contributed by atoms with Crippen LogP contribution in [0.15, 0.2) is 12.1 Å². The van der Waals surface area contributed by atoms with Crippen molar-refractivity contribution in [2.24, 2.45) is 11.7 Å². The van der Waals surface area contributed by atoms with E-state index < -0.39 is 23.6 Å². The molecule has 0 saturated heterocycles. The second-order valence-electron chi connectivity index (χ2n) is 3.65. The second kappa shape index (κ2) is 5.32. The molecule has 2 unspecified atom stereocenters. The van der Waals surface area contributed by atoms with E-state index in [9.17, 15) is 18.3 Å². The van der Waals surface area contributed by atoms with Crippen molar-refractivity contribution in [3.8, 4) is 0 Å². The first-order valence-corrected chi connectivity index (χ1v) is 5.03. The van der Waals surface area contributed by atoms with E-state index in [1.807, 2.05) is 0 Å². The number of hydrogen-bond donors (Lipinski definition) is 2. The third-order valence-electron chi connectivity index (χ3n) is 2.62. The van der Waals surface area contributed by atoms with Gasteiger partial charge in [-0.25, -0.2) is 13.2 Å². The SMILES string of the molecule is CCC(CN)C(O)c1cc(F)c(F)c(F)c1. The molecule has 1 rings (SSSR count).